The Kier molecular flexibility index (Phi) is 4.44. The number of nitrogens with one attached hydrogen (secondary N) is 1. The first-order chi connectivity index (χ1) is 11.5. The zero-order chi connectivity index (χ0) is 17.3. The summed E-state index contributed by atoms with van der Waals surface area (Å²) in [6.07, 6.45) is 0.109. The number of benzene rings is 1. The number of aryl methyl sites for hydroxylation is 1. The smallest absolute Gasteiger partial charge is 0.231 e. The predicted octanol–water partition coefficient (Wildman–Crippen LogP) is 2.64. The molecule has 2 heterocycles. The normalized spacial score (nSPS) is 17.2. The third-order valence-electron chi connectivity index (χ3n) is 3.81. The van der Waals surface area contributed by atoms with Crippen LogP contribution in [0, 0.1) is 12.8 Å². The van der Waals surface area contributed by atoms with Gasteiger partial charge in [0.05, 0.1) is 18.7 Å². The zero-order valence-corrected chi connectivity index (χ0v) is 14.0. The fourth-order valence-corrected chi connectivity index (χ4v) is 2.81. The highest BCUT2D eigenvalue weighted by Crippen LogP contribution is 2.35. The maximum atomic E-state index is 12.3. The van der Waals surface area contributed by atoms with Crippen LogP contribution in [0.15, 0.2) is 28.8 Å². The Morgan fingerprint density at radius 2 is 2.25 bits per heavy atom. The molecule has 1 aliphatic rings. The maximum absolute atomic E-state index is 12.3. The summed E-state index contributed by atoms with van der Waals surface area (Å²) in [7, 11) is 1.52. The van der Waals surface area contributed by atoms with Crippen LogP contribution in [-0.2, 0) is 9.59 Å². The van der Waals surface area contributed by atoms with Gasteiger partial charge in [0.1, 0.15) is 11.5 Å². The predicted molar refractivity (Wildman–Crippen MR) is 88.3 cm³/mol. The minimum absolute atomic E-state index is 0.109. The lowest BCUT2D eigenvalue weighted by atomic mass is 10.1. The molecular weight excluding hydrogens is 334 g/mol. The van der Waals surface area contributed by atoms with Crippen LogP contribution in [0.5, 0.6) is 5.75 Å². The average Bonchev–Trinajstić information content (AvgIpc) is 3.13. The van der Waals surface area contributed by atoms with E-state index in [0.29, 0.717) is 28.0 Å². The summed E-state index contributed by atoms with van der Waals surface area (Å²) < 4.78 is 10.2. The van der Waals surface area contributed by atoms with Crippen LogP contribution >= 0.6 is 11.6 Å². The fraction of sp³-hybridized carbons (Fsp3) is 0.312. The van der Waals surface area contributed by atoms with Gasteiger partial charge in [-0.15, -0.1) is 0 Å². The van der Waals surface area contributed by atoms with Gasteiger partial charge in [-0.05, 0) is 25.1 Å². The topological polar surface area (TPSA) is 84.7 Å². The van der Waals surface area contributed by atoms with E-state index in [-0.39, 0.29) is 24.8 Å². The molecule has 0 aliphatic carbocycles. The highest BCUT2D eigenvalue weighted by molar-refractivity contribution is 6.31. The first-order valence-electron chi connectivity index (χ1n) is 7.36. The van der Waals surface area contributed by atoms with Crippen molar-refractivity contribution in [2.75, 3.05) is 23.9 Å². The molecule has 1 aromatic carbocycles. The van der Waals surface area contributed by atoms with Crippen molar-refractivity contribution in [3.63, 3.8) is 0 Å². The Morgan fingerprint density at radius 3 is 2.92 bits per heavy atom. The van der Waals surface area contributed by atoms with Crippen LogP contribution in [0.3, 0.4) is 0 Å². The minimum atomic E-state index is -0.488. The number of amides is 2. The molecule has 24 heavy (non-hydrogen) atoms. The summed E-state index contributed by atoms with van der Waals surface area (Å²) in [5.41, 5.74) is 0.558. The Hall–Kier alpha value is -2.54. The van der Waals surface area contributed by atoms with Crippen LogP contribution in [-0.4, -0.2) is 30.6 Å². The Balaban J connectivity index is 1.76. The summed E-state index contributed by atoms with van der Waals surface area (Å²) in [5, 5.41) is 6.87. The van der Waals surface area contributed by atoms with Crippen molar-refractivity contribution >= 4 is 34.9 Å². The fourth-order valence-electron chi connectivity index (χ4n) is 2.64. The number of ether oxygens (including phenoxy) is 1. The van der Waals surface area contributed by atoms with E-state index in [1.807, 2.05) is 0 Å². The number of halogens is 1. The van der Waals surface area contributed by atoms with Crippen LogP contribution in [0.1, 0.15) is 12.2 Å². The second kappa shape index (κ2) is 6.52. The van der Waals surface area contributed by atoms with Crippen LogP contribution < -0.4 is 15.0 Å². The molecule has 126 valence electrons. The van der Waals surface area contributed by atoms with E-state index in [1.54, 1.807) is 31.2 Å². The molecule has 0 bridgehead atoms. The van der Waals surface area contributed by atoms with E-state index >= 15 is 0 Å². The number of carbonyl (C=O) groups excluding carboxylic acids is 2. The monoisotopic (exact) mass is 349 g/mol. The molecule has 0 unspecified atom stereocenters. The largest absolute Gasteiger partial charge is 0.495 e. The van der Waals surface area contributed by atoms with Gasteiger partial charge in [-0.25, -0.2) is 0 Å². The Morgan fingerprint density at radius 1 is 1.46 bits per heavy atom. The third-order valence-corrected chi connectivity index (χ3v) is 4.04. The number of nitrogens with zero attached hydrogens (tertiary/aromatic N) is 2. The Labute approximate surface area is 143 Å². The van der Waals surface area contributed by atoms with Crippen molar-refractivity contribution in [2.45, 2.75) is 13.3 Å². The summed E-state index contributed by atoms with van der Waals surface area (Å²) >= 11 is 6.02. The van der Waals surface area contributed by atoms with E-state index in [4.69, 9.17) is 20.9 Å². The maximum Gasteiger partial charge on any atom is 0.231 e. The molecule has 1 fully saturated rings. The van der Waals surface area contributed by atoms with Gasteiger partial charge >= 0.3 is 0 Å². The number of rotatable bonds is 4. The first-order valence-corrected chi connectivity index (χ1v) is 7.74. The molecule has 1 N–H and O–H groups in total. The lowest BCUT2D eigenvalue weighted by molar-refractivity contribution is -0.122. The van der Waals surface area contributed by atoms with Crippen molar-refractivity contribution in [1.29, 1.82) is 0 Å². The second-order valence-electron chi connectivity index (χ2n) is 5.53. The molecule has 0 saturated carbocycles. The number of aromatic nitrogens is 1. The molecule has 0 radical (unpaired) electrons. The second-order valence-corrected chi connectivity index (χ2v) is 5.97. The van der Waals surface area contributed by atoms with Gasteiger partial charge in [-0.1, -0.05) is 16.8 Å². The van der Waals surface area contributed by atoms with Crippen molar-refractivity contribution in [3.8, 4) is 5.75 Å². The first kappa shape index (κ1) is 16.3. The lowest BCUT2D eigenvalue weighted by Crippen LogP contribution is -2.28. The number of carbonyl (C=O) groups is 2. The molecule has 3 rings (SSSR count). The van der Waals surface area contributed by atoms with Crippen molar-refractivity contribution in [2.24, 2.45) is 5.92 Å². The molecular formula is C16H16ClN3O4. The van der Waals surface area contributed by atoms with E-state index in [0.717, 1.165) is 0 Å². The van der Waals surface area contributed by atoms with Crippen molar-refractivity contribution < 1.29 is 18.8 Å². The van der Waals surface area contributed by atoms with E-state index in [2.05, 4.69) is 10.5 Å². The number of hydrogen-bond acceptors (Lipinski definition) is 5. The quantitative estimate of drug-likeness (QED) is 0.917. The van der Waals surface area contributed by atoms with Crippen LogP contribution in [0.2, 0.25) is 5.02 Å². The molecule has 1 saturated heterocycles. The standard InChI is InChI=1S/C16H16ClN3O4/c1-9-5-14(19-24-9)18-16(22)10-6-15(21)20(8-10)12-7-11(17)3-4-13(12)23-2/h3-5,7,10H,6,8H2,1-2H3,(H,18,19,22)/t10-/m0/s1. The van der Waals surface area contributed by atoms with Crippen LogP contribution in [0.4, 0.5) is 11.5 Å². The van der Waals surface area contributed by atoms with Gasteiger partial charge in [-0.2, -0.15) is 0 Å². The highest BCUT2D eigenvalue weighted by atomic mass is 35.5. The SMILES string of the molecule is COc1ccc(Cl)cc1N1C[C@@H](C(=O)Nc2cc(C)on2)CC1=O. The summed E-state index contributed by atoms with van der Waals surface area (Å²) in [6.45, 7) is 1.98. The number of anilines is 2. The van der Waals surface area contributed by atoms with Crippen molar-refractivity contribution in [1.82, 2.24) is 5.16 Å². The van der Waals surface area contributed by atoms with E-state index in [1.165, 1.54) is 12.0 Å². The third kappa shape index (κ3) is 3.21. The summed E-state index contributed by atoms with van der Waals surface area (Å²) in [6, 6.07) is 6.64. The molecule has 2 amide bonds. The Bertz CT molecular complexity index is 789. The zero-order valence-electron chi connectivity index (χ0n) is 13.2. The molecule has 1 aliphatic heterocycles. The van der Waals surface area contributed by atoms with Gasteiger partial charge in [0.25, 0.3) is 0 Å². The van der Waals surface area contributed by atoms with Gasteiger partial charge in [0, 0.05) is 24.1 Å². The van der Waals surface area contributed by atoms with Crippen molar-refractivity contribution in [3.05, 3.63) is 35.0 Å². The van der Waals surface area contributed by atoms with Gasteiger partial charge in [0.2, 0.25) is 11.8 Å². The minimum Gasteiger partial charge on any atom is -0.495 e. The van der Waals surface area contributed by atoms with E-state index in [9.17, 15) is 9.59 Å². The van der Waals surface area contributed by atoms with Crippen LogP contribution in [0.25, 0.3) is 0 Å². The number of hydrogen-bond donors (Lipinski definition) is 1. The number of methoxy groups -OCH3 is 1. The molecule has 2 aromatic rings. The lowest BCUT2D eigenvalue weighted by Gasteiger charge is -2.19. The molecule has 0 spiro atoms. The van der Waals surface area contributed by atoms with E-state index < -0.39 is 5.92 Å². The average molecular weight is 350 g/mol. The molecule has 1 aromatic heterocycles. The summed E-state index contributed by atoms with van der Waals surface area (Å²) in [5.74, 6) is 0.535. The summed E-state index contributed by atoms with van der Waals surface area (Å²) in [4.78, 5) is 26.2. The highest BCUT2D eigenvalue weighted by Gasteiger charge is 2.36. The van der Waals surface area contributed by atoms with Gasteiger partial charge in [-0.3, -0.25) is 9.59 Å². The molecule has 1 atom stereocenters. The molecule has 7 nitrogen and oxygen atoms in total. The van der Waals surface area contributed by atoms with Gasteiger partial charge in [0.15, 0.2) is 5.82 Å². The van der Waals surface area contributed by atoms with Gasteiger partial charge < -0.3 is 19.5 Å². The molecule has 8 heteroatoms.